The van der Waals surface area contributed by atoms with Gasteiger partial charge >= 0.3 is 6.09 Å². The molecule has 4 aliphatic rings. The van der Waals surface area contributed by atoms with Crippen LogP contribution in [0.4, 0.5) is 4.79 Å². The molecule has 36 heavy (non-hydrogen) atoms. The lowest BCUT2D eigenvalue weighted by Gasteiger charge is -2.30. The van der Waals surface area contributed by atoms with Gasteiger partial charge in [0.25, 0.3) is 0 Å². The van der Waals surface area contributed by atoms with Gasteiger partial charge in [0.2, 0.25) is 17.7 Å². The van der Waals surface area contributed by atoms with Crippen LogP contribution in [0.2, 0.25) is 0 Å². The summed E-state index contributed by atoms with van der Waals surface area (Å²) in [5.74, 6) is -0.149. The molecule has 0 bridgehead atoms. The third kappa shape index (κ3) is 6.59. The summed E-state index contributed by atoms with van der Waals surface area (Å²) in [7, 11) is 0. The molecule has 3 fully saturated rings. The van der Waals surface area contributed by atoms with E-state index in [9.17, 15) is 19.2 Å². The lowest BCUT2D eigenvalue weighted by atomic mass is 10.0. The van der Waals surface area contributed by atoms with Crippen LogP contribution in [0.1, 0.15) is 85.0 Å². The van der Waals surface area contributed by atoms with Crippen LogP contribution in [-0.4, -0.2) is 65.0 Å². The molecular formula is C27H42N4O5. The van der Waals surface area contributed by atoms with E-state index in [1.165, 1.54) is 0 Å². The maximum absolute atomic E-state index is 13.6. The molecule has 9 nitrogen and oxygen atoms in total. The molecule has 2 aliphatic carbocycles. The number of carbonyl (C=O) groups is 4. The van der Waals surface area contributed by atoms with E-state index < -0.39 is 29.3 Å². The average Bonchev–Trinajstić information content (AvgIpc) is 3.70. The Balaban J connectivity index is 1.50. The Labute approximate surface area is 214 Å². The summed E-state index contributed by atoms with van der Waals surface area (Å²) in [6.07, 6.45) is 11.7. The SMILES string of the molecule is CC(C)(C)OC(=O)N[C@H]1CCCCCC=CC2C[C@@]2(C(=O)NCC2CC2)NC(=O)[C@@H]2CCCN2C1=O. The van der Waals surface area contributed by atoms with E-state index in [0.717, 1.165) is 38.5 Å². The first kappa shape index (κ1) is 26.5. The van der Waals surface area contributed by atoms with E-state index in [-0.39, 0.29) is 23.6 Å². The van der Waals surface area contributed by atoms with E-state index in [2.05, 4.69) is 28.1 Å². The first-order chi connectivity index (χ1) is 17.1. The predicted octanol–water partition coefficient (Wildman–Crippen LogP) is 2.79. The predicted molar refractivity (Wildman–Crippen MR) is 135 cm³/mol. The van der Waals surface area contributed by atoms with Crippen LogP contribution in [-0.2, 0) is 19.1 Å². The van der Waals surface area contributed by atoms with Crippen molar-refractivity contribution < 1.29 is 23.9 Å². The van der Waals surface area contributed by atoms with Crippen molar-refractivity contribution in [2.24, 2.45) is 11.8 Å². The summed E-state index contributed by atoms with van der Waals surface area (Å²) in [5.41, 5.74) is -1.61. The first-order valence-electron chi connectivity index (χ1n) is 13.7. The molecule has 2 saturated carbocycles. The van der Waals surface area contributed by atoms with Crippen LogP contribution in [0.15, 0.2) is 12.2 Å². The van der Waals surface area contributed by atoms with E-state index in [1.54, 1.807) is 25.7 Å². The quantitative estimate of drug-likeness (QED) is 0.511. The van der Waals surface area contributed by atoms with Crippen molar-refractivity contribution >= 4 is 23.8 Å². The van der Waals surface area contributed by atoms with E-state index >= 15 is 0 Å². The molecule has 1 unspecified atom stereocenters. The monoisotopic (exact) mass is 502 g/mol. The molecule has 4 amide bonds. The molecule has 0 spiro atoms. The van der Waals surface area contributed by atoms with Gasteiger partial charge in [0.1, 0.15) is 23.2 Å². The summed E-state index contributed by atoms with van der Waals surface area (Å²) in [5, 5.41) is 8.86. The van der Waals surface area contributed by atoms with Gasteiger partial charge in [-0.3, -0.25) is 14.4 Å². The van der Waals surface area contributed by atoms with Gasteiger partial charge in [-0.2, -0.15) is 0 Å². The molecule has 200 valence electrons. The minimum atomic E-state index is -0.936. The lowest BCUT2D eigenvalue weighted by Crippen LogP contribution is -2.58. The summed E-state index contributed by atoms with van der Waals surface area (Å²) < 4.78 is 5.40. The van der Waals surface area contributed by atoms with E-state index in [1.807, 2.05) is 0 Å². The zero-order valence-corrected chi connectivity index (χ0v) is 21.9. The Morgan fingerprint density at radius 1 is 1.11 bits per heavy atom. The Hall–Kier alpha value is -2.58. The largest absolute Gasteiger partial charge is 0.444 e. The number of hydrogen-bond donors (Lipinski definition) is 3. The number of nitrogens with one attached hydrogen (secondary N) is 3. The fraction of sp³-hybridized carbons (Fsp3) is 0.778. The molecule has 0 aromatic rings. The van der Waals surface area contributed by atoms with Crippen LogP contribution >= 0.6 is 0 Å². The molecule has 0 radical (unpaired) electrons. The number of ether oxygens (including phenoxy) is 1. The van der Waals surface area contributed by atoms with Crippen molar-refractivity contribution in [1.82, 2.24) is 20.9 Å². The summed E-state index contributed by atoms with van der Waals surface area (Å²) in [4.78, 5) is 54.3. The van der Waals surface area contributed by atoms with Gasteiger partial charge in [0.05, 0.1) is 0 Å². The van der Waals surface area contributed by atoms with Crippen molar-refractivity contribution in [2.75, 3.05) is 13.1 Å². The maximum atomic E-state index is 13.6. The fourth-order valence-electron chi connectivity index (χ4n) is 5.26. The number of nitrogens with zero attached hydrogens (tertiary/aromatic N) is 1. The number of hydrogen-bond acceptors (Lipinski definition) is 5. The third-order valence-corrected chi connectivity index (χ3v) is 7.57. The van der Waals surface area contributed by atoms with Crippen molar-refractivity contribution in [3.05, 3.63) is 12.2 Å². The Bertz CT molecular complexity index is 893. The summed E-state index contributed by atoms with van der Waals surface area (Å²) in [6.45, 7) is 6.44. The zero-order chi connectivity index (χ0) is 25.9. The second kappa shape index (κ2) is 10.8. The molecule has 4 atom stereocenters. The average molecular weight is 503 g/mol. The number of amides is 4. The van der Waals surface area contributed by atoms with Crippen LogP contribution in [0.3, 0.4) is 0 Å². The molecule has 9 heteroatoms. The van der Waals surface area contributed by atoms with Crippen LogP contribution in [0, 0.1) is 11.8 Å². The van der Waals surface area contributed by atoms with Gasteiger partial charge in [0, 0.05) is 19.0 Å². The minimum Gasteiger partial charge on any atom is -0.444 e. The number of rotatable bonds is 4. The van der Waals surface area contributed by atoms with Gasteiger partial charge in [-0.15, -0.1) is 0 Å². The summed E-state index contributed by atoms with van der Waals surface area (Å²) >= 11 is 0. The molecule has 3 N–H and O–H groups in total. The van der Waals surface area contributed by atoms with Gasteiger partial charge < -0.3 is 25.6 Å². The highest BCUT2D eigenvalue weighted by Crippen LogP contribution is 2.45. The van der Waals surface area contributed by atoms with E-state index in [4.69, 9.17) is 4.74 Å². The third-order valence-electron chi connectivity index (χ3n) is 7.57. The molecule has 4 rings (SSSR count). The van der Waals surface area contributed by atoms with Crippen LogP contribution in [0.5, 0.6) is 0 Å². The fourth-order valence-corrected chi connectivity index (χ4v) is 5.26. The van der Waals surface area contributed by atoms with Gasteiger partial charge in [-0.05, 0) is 78.1 Å². The molecule has 0 aromatic carbocycles. The van der Waals surface area contributed by atoms with Gasteiger partial charge in [0.15, 0.2) is 0 Å². The summed E-state index contributed by atoms with van der Waals surface area (Å²) in [6, 6.07) is -1.40. The normalized spacial score (nSPS) is 31.3. The second-order valence-electron chi connectivity index (χ2n) is 11.9. The highest BCUT2D eigenvalue weighted by atomic mass is 16.6. The molecule has 2 aliphatic heterocycles. The van der Waals surface area contributed by atoms with Crippen molar-refractivity contribution in [3.63, 3.8) is 0 Å². The number of alkyl carbamates (subject to hydrolysis) is 1. The topological polar surface area (TPSA) is 117 Å². The Kier molecular flexibility index (Phi) is 7.95. The van der Waals surface area contributed by atoms with E-state index in [0.29, 0.717) is 44.7 Å². The highest BCUT2D eigenvalue weighted by Gasteiger charge is 2.60. The van der Waals surface area contributed by atoms with Gasteiger partial charge in [-0.25, -0.2) is 4.79 Å². The second-order valence-corrected chi connectivity index (χ2v) is 11.9. The molecule has 2 heterocycles. The minimum absolute atomic E-state index is 0.0297. The standard InChI is InChI=1S/C27H42N4O5/c1-26(2,3)36-25(35)29-20-11-8-6-4-5-7-10-19-16-27(19,24(34)28-17-18-13-14-18)30-22(32)21-12-9-15-31(21)23(20)33/h7,10,18-21H,4-6,8-9,11-17H2,1-3H3,(H,28,34)(H,29,35)(H,30,32)/t19?,20-,21-,27+/m0/s1. The van der Waals surface area contributed by atoms with Crippen molar-refractivity contribution in [3.8, 4) is 0 Å². The zero-order valence-electron chi connectivity index (χ0n) is 21.9. The maximum Gasteiger partial charge on any atom is 0.408 e. The smallest absolute Gasteiger partial charge is 0.408 e. The molecule has 0 aromatic heterocycles. The van der Waals surface area contributed by atoms with Crippen LogP contribution < -0.4 is 16.0 Å². The van der Waals surface area contributed by atoms with Gasteiger partial charge in [-0.1, -0.05) is 25.0 Å². The first-order valence-corrected chi connectivity index (χ1v) is 13.7. The number of carbonyl (C=O) groups excluding carboxylic acids is 4. The molecule has 1 saturated heterocycles. The highest BCUT2D eigenvalue weighted by molar-refractivity contribution is 5.98. The van der Waals surface area contributed by atoms with Crippen molar-refractivity contribution in [2.45, 2.75) is 108 Å². The lowest BCUT2D eigenvalue weighted by molar-refractivity contribution is -0.141. The number of fused-ring (bicyclic) bond motifs is 2. The Morgan fingerprint density at radius 2 is 1.89 bits per heavy atom. The van der Waals surface area contributed by atoms with Crippen molar-refractivity contribution in [1.29, 1.82) is 0 Å². The Morgan fingerprint density at radius 3 is 2.61 bits per heavy atom. The molecular weight excluding hydrogens is 460 g/mol. The van der Waals surface area contributed by atoms with Crippen LogP contribution in [0.25, 0.3) is 0 Å². The number of allylic oxidation sites excluding steroid dienone is 1.